The lowest BCUT2D eigenvalue weighted by Crippen LogP contribution is -1.97. The van der Waals surface area contributed by atoms with E-state index in [2.05, 4.69) is 31.9 Å². The lowest BCUT2D eigenvalue weighted by atomic mass is 10.1. The van der Waals surface area contributed by atoms with Gasteiger partial charge in [-0.25, -0.2) is 0 Å². The molecular weight excluding hydrogens is 391 g/mol. The summed E-state index contributed by atoms with van der Waals surface area (Å²) in [6, 6.07) is 15.2. The van der Waals surface area contributed by atoms with Crippen LogP contribution >= 0.6 is 43.5 Å². The van der Waals surface area contributed by atoms with Gasteiger partial charge in [0.05, 0.1) is 5.03 Å². The van der Waals surface area contributed by atoms with Crippen LogP contribution in [0.3, 0.4) is 0 Å². The van der Waals surface area contributed by atoms with Gasteiger partial charge in [-0.05, 0) is 41.5 Å². The zero-order valence-corrected chi connectivity index (χ0v) is 13.8. The highest BCUT2D eigenvalue weighted by Crippen LogP contribution is 2.28. The first-order chi connectivity index (χ1) is 9.06. The molecule has 0 fully saturated rings. The second kappa shape index (κ2) is 6.71. The molecule has 0 saturated heterocycles. The van der Waals surface area contributed by atoms with Gasteiger partial charge < -0.3 is 5.11 Å². The van der Waals surface area contributed by atoms with E-state index in [4.69, 9.17) is 11.6 Å². The Morgan fingerprint density at radius 3 is 2.32 bits per heavy atom. The number of benzene rings is 2. The fraction of sp³-hybridized carbons (Fsp3) is 0.0667. The maximum Gasteiger partial charge on any atom is 0.115 e. The summed E-state index contributed by atoms with van der Waals surface area (Å²) in [5, 5.41) is 10.6. The highest BCUT2D eigenvalue weighted by Gasteiger charge is 2.11. The first kappa shape index (κ1) is 14.8. The van der Waals surface area contributed by atoms with Gasteiger partial charge in [0.2, 0.25) is 0 Å². The number of hydrogen-bond donors (Lipinski definition) is 1. The molecule has 0 amide bonds. The second-order valence-electron chi connectivity index (χ2n) is 4.04. The van der Waals surface area contributed by atoms with E-state index in [9.17, 15) is 5.11 Å². The highest BCUT2D eigenvalue weighted by atomic mass is 79.9. The Morgan fingerprint density at radius 1 is 1.05 bits per heavy atom. The van der Waals surface area contributed by atoms with Crippen molar-refractivity contribution in [3.63, 3.8) is 0 Å². The number of rotatable bonds is 3. The van der Waals surface area contributed by atoms with Crippen LogP contribution in [0, 0.1) is 0 Å². The molecule has 0 aromatic heterocycles. The van der Waals surface area contributed by atoms with E-state index >= 15 is 0 Å². The fourth-order valence-electron chi connectivity index (χ4n) is 1.67. The molecule has 0 aliphatic heterocycles. The molecule has 2 rings (SSSR count). The molecule has 2 aromatic rings. The standard InChI is InChI=1S/C15H11Br2ClO/c16-12-5-1-3-10(7-12)8-14(18)15(19)11-4-2-6-13(17)9-11/h1-9,15,19H/b14-8-. The minimum absolute atomic E-state index is 0.385. The van der Waals surface area contributed by atoms with Crippen molar-refractivity contribution in [1.82, 2.24) is 0 Å². The van der Waals surface area contributed by atoms with Gasteiger partial charge in [-0.15, -0.1) is 0 Å². The van der Waals surface area contributed by atoms with Crippen molar-refractivity contribution in [1.29, 1.82) is 0 Å². The Balaban J connectivity index is 2.26. The molecule has 0 aliphatic rings. The molecule has 0 aliphatic carbocycles. The summed E-state index contributed by atoms with van der Waals surface area (Å²) in [5.74, 6) is 0. The molecule has 1 atom stereocenters. The van der Waals surface area contributed by atoms with Crippen molar-refractivity contribution >= 4 is 49.5 Å². The minimum Gasteiger partial charge on any atom is -0.383 e. The van der Waals surface area contributed by atoms with Gasteiger partial charge in [0.1, 0.15) is 6.10 Å². The smallest absolute Gasteiger partial charge is 0.115 e. The Kier molecular flexibility index (Phi) is 5.22. The van der Waals surface area contributed by atoms with Crippen LogP contribution in [0.15, 0.2) is 62.5 Å². The molecule has 0 heterocycles. The molecule has 98 valence electrons. The highest BCUT2D eigenvalue weighted by molar-refractivity contribution is 9.10. The lowest BCUT2D eigenvalue weighted by molar-refractivity contribution is 0.225. The Labute approximate surface area is 134 Å². The van der Waals surface area contributed by atoms with Gasteiger partial charge in [0.25, 0.3) is 0 Å². The van der Waals surface area contributed by atoms with Crippen molar-refractivity contribution in [2.75, 3.05) is 0 Å². The van der Waals surface area contributed by atoms with Crippen LogP contribution in [-0.4, -0.2) is 5.11 Å². The molecule has 0 spiro atoms. The molecule has 1 nitrogen and oxygen atoms in total. The van der Waals surface area contributed by atoms with Crippen LogP contribution in [-0.2, 0) is 0 Å². The van der Waals surface area contributed by atoms with Gasteiger partial charge in [-0.1, -0.05) is 67.7 Å². The molecule has 1 N–H and O–H groups in total. The molecule has 4 heteroatoms. The summed E-state index contributed by atoms with van der Waals surface area (Å²) in [5.41, 5.74) is 1.69. The van der Waals surface area contributed by atoms with Crippen LogP contribution in [0.2, 0.25) is 0 Å². The topological polar surface area (TPSA) is 20.2 Å². The molecule has 1 unspecified atom stereocenters. The number of halogens is 3. The van der Waals surface area contributed by atoms with Crippen LogP contribution in [0.5, 0.6) is 0 Å². The Bertz CT molecular complexity index is 611. The molecule has 19 heavy (non-hydrogen) atoms. The van der Waals surface area contributed by atoms with Gasteiger partial charge in [-0.2, -0.15) is 0 Å². The molecule has 0 bridgehead atoms. The van der Waals surface area contributed by atoms with Crippen molar-refractivity contribution in [3.05, 3.63) is 73.6 Å². The van der Waals surface area contributed by atoms with E-state index in [1.54, 1.807) is 6.08 Å². The van der Waals surface area contributed by atoms with Gasteiger partial charge >= 0.3 is 0 Å². The largest absolute Gasteiger partial charge is 0.383 e. The van der Waals surface area contributed by atoms with E-state index < -0.39 is 6.10 Å². The summed E-state index contributed by atoms with van der Waals surface area (Å²) in [4.78, 5) is 0. The zero-order chi connectivity index (χ0) is 13.8. The van der Waals surface area contributed by atoms with Crippen molar-refractivity contribution in [2.24, 2.45) is 0 Å². The molecule has 2 aromatic carbocycles. The Morgan fingerprint density at radius 2 is 1.68 bits per heavy atom. The zero-order valence-electron chi connectivity index (χ0n) is 9.85. The van der Waals surface area contributed by atoms with Gasteiger partial charge in [0.15, 0.2) is 0 Å². The van der Waals surface area contributed by atoms with Gasteiger partial charge in [-0.3, -0.25) is 0 Å². The Hall–Kier alpha value is -0.610. The summed E-state index contributed by atoms with van der Waals surface area (Å²) < 4.78 is 1.89. The van der Waals surface area contributed by atoms with Gasteiger partial charge in [0, 0.05) is 8.95 Å². The van der Waals surface area contributed by atoms with Crippen LogP contribution in [0.1, 0.15) is 17.2 Å². The molecular formula is C15H11Br2ClO. The van der Waals surface area contributed by atoms with Crippen molar-refractivity contribution in [3.8, 4) is 0 Å². The summed E-state index contributed by atoms with van der Waals surface area (Å²) in [6.07, 6.45) is 0.941. The maximum absolute atomic E-state index is 10.2. The number of aliphatic hydroxyl groups is 1. The SMILES string of the molecule is OC(/C(Cl)=C/c1cccc(Br)c1)c1cccc(Br)c1. The van der Waals surface area contributed by atoms with E-state index in [0.29, 0.717) is 5.03 Å². The average molecular weight is 403 g/mol. The summed E-state index contributed by atoms with van der Waals surface area (Å²) >= 11 is 13.0. The number of hydrogen-bond acceptors (Lipinski definition) is 1. The molecule has 0 radical (unpaired) electrons. The van der Waals surface area contributed by atoms with Crippen molar-refractivity contribution < 1.29 is 5.11 Å². The monoisotopic (exact) mass is 400 g/mol. The fourth-order valence-corrected chi connectivity index (χ4v) is 2.76. The predicted molar refractivity (Wildman–Crippen MR) is 87.1 cm³/mol. The maximum atomic E-state index is 10.2. The first-order valence-corrected chi connectivity index (χ1v) is 7.59. The van der Waals surface area contributed by atoms with E-state index in [0.717, 1.165) is 20.1 Å². The van der Waals surface area contributed by atoms with E-state index in [1.807, 2.05) is 48.5 Å². The molecule has 0 saturated carbocycles. The predicted octanol–water partition coefficient (Wildman–Crippen LogP) is 5.52. The minimum atomic E-state index is -0.821. The third kappa shape index (κ3) is 4.18. The quantitative estimate of drug-likeness (QED) is 0.716. The van der Waals surface area contributed by atoms with E-state index in [-0.39, 0.29) is 0 Å². The second-order valence-corrected chi connectivity index (χ2v) is 6.31. The third-order valence-electron chi connectivity index (χ3n) is 2.58. The summed E-state index contributed by atoms with van der Waals surface area (Å²) in [7, 11) is 0. The normalized spacial score (nSPS) is 13.4. The average Bonchev–Trinajstić information content (AvgIpc) is 2.38. The summed E-state index contributed by atoms with van der Waals surface area (Å²) in [6.45, 7) is 0. The van der Waals surface area contributed by atoms with Crippen LogP contribution in [0.25, 0.3) is 6.08 Å². The first-order valence-electron chi connectivity index (χ1n) is 5.62. The lowest BCUT2D eigenvalue weighted by Gasteiger charge is -2.10. The van der Waals surface area contributed by atoms with Crippen LogP contribution in [0.4, 0.5) is 0 Å². The van der Waals surface area contributed by atoms with E-state index in [1.165, 1.54) is 0 Å². The van der Waals surface area contributed by atoms with Crippen molar-refractivity contribution in [2.45, 2.75) is 6.10 Å². The number of aliphatic hydroxyl groups excluding tert-OH is 1. The van der Waals surface area contributed by atoms with Crippen LogP contribution < -0.4 is 0 Å². The third-order valence-corrected chi connectivity index (χ3v) is 3.88.